The van der Waals surface area contributed by atoms with Gasteiger partial charge in [0.2, 0.25) is 11.8 Å². The Bertz CT molecular complexity index is 1530. The summed E-state index contributed by atoms with van der Waals surface area (Å²) in [5.74, 6) is -1.98. The molecule has 0 aliphatic carbocycles. The lowest BCUT2D eigenvalue weighted by molar-refractivity contribution is 0.400. The first kappa shape index (κ1) is 23.1. The van der Waals surface area contributed by atoms with Crippen LogP contribution in [0.15, 0.2) is 47.5 Å². The standard InChI is InChI=1S/C22H19F2N5O4S/c1-11-15-6-12(8-18(30)20(15)28-22(25-2)27-11)13-7-17(21(33-3)26-10-13)29-34(31,32)19-5-4-14(23)9-16(19)24/h4-10,29-30H,1-3H3,(H,25,27,28). The number of halogens is 2. The Balaban J connectivity index is 1.80. The maximum absolute atomic E-state index is 14.1. The van der Waals surface area contributed by atoms with E-state index in [1.807, 2.05) is 0 Å². The maximum atomic E-state index is 14.1. The van der Waals surface area contributed by atoms with Crippen molar-refractivity contribution in [3.05, 3.63) is 59.9 Å². The first-order chi connectivity index (χ1) is 16.1. The highest BCUT2D eigenvalue weighted by Crippen LogP contribution is 2.35. The third kappa shape index (κ3) is 4.27. The lowest BCUT2D eigenvalue weighted by Crippen LogP contribution is -2.15. The number of anilines is 2. The van der Waals surface area contributed by atoms with Gasteiger partial charge in [0.05, 0.1) is 12.8 Å². The van der Waals surface area contributed by atoms with Crippen molar-refractivity contribution in [1.29, 1.82) is 0 Å². The minimum Gasteiger partial charge on any atom is -0.506 e. The van der Waals surface area contributed by atoms with Gasteiger partial charge in [0.1, 0.15) is 33.5 Å². The molecule has 0 aliphatic heterocycles. The molecule has 176 valence electrons. The normalized spacial score (nSPS) is 11.4. The number of methoxy groups -OCH3 is 1. The summed E-state index contributed by atoms with van der Waals surface area (Å²) in [5, 5.41) is 14.0. The Morgan fingerprint density at radius 2 is 1.82 bits per heavy atom. The van der Waals surface area contributed by atoms with E-state index in [-0.39, 0.29) is 17.3 Å². The summed E-state index contributed by atoms with van der Waals surface area (Å²) in [7, 11) is -1.48. The summed E-state index contributed by atoms with van der Waals surface area (Å²) in [6, 6.07) is 6.73. The average molecular weight is 487 g/mol. The summed E-state index contributed by atoms with van der Waals surface area (Å²) in [5.41, 5.74) is 1.79. The van der Waals surface area contributed by atoms with Gasteiger partial charge in [-0.2, -0.15) is 0 Å². The number of benzene rings is 2. The average Bonchev–Trinajstić information content (AvgIpc) is 2.78. The molecule has 0 bridgehead atoms. The van der Waals surface area contributed by atoms with Crippen molar-refractivity contribution in [2.75, 3.05) is 24.2 Å². The Labute approximate surface area is 193 Å². The van der Waals surface area contributed by atoms with E-state index < -0.39 is 26.6 Å². The van der Waals surface area contributed by atoms with Crippen LogP contribution in [-0.2, 0) is 10.0 Å². The van der Waals surface area contributed by atoms with Gasteiger partial charge in [-0.25, -0.2) is 32.2 Å². The number of phenols is 1. The van der Waals surface area contributed by atoms with E-state index in [1.165, 1.54) is 25.4 Å². The topological polar surface area (TPSA) is 126 Å². The van der Waals surface area contributed by atoms with Crippen molar-refractivity contribution in [2.45, 2.75) is 11.8 Å². The highest BCUT2D eigenvalue weighted by atomic mass is 32.2. The lowest BCUT2D eigenvalue weighted by atomic mass is 10.0. The van der Waals surface area contributed by atoms with Gasteiger partial charge in [-0.05, 0) is 42.8 Å². The molecule has 0 spiro atoms. The molecule has 0 aliphatic rings. The molecule has 12 heteroatoms. The van der Waals surface area contributed by atoms with Gasteiger partial charge in [-0.3, -0.25) is 4.72 Å². The van der Waals surface area contributed by atoms with Crippen molar-refractivity contribution in [3.8, 4) is 22.8 Å². The number of ether oxygens (including phenoxy) is 1. The molecule has 2 aromatic heterocycles. The molecule has 2 aromatic carbocycles. The molecular formula is C22H19F2N5O4S. The number of aryl methyl sites for hydroxylation is 1. The fourth-order valence-corrected chi connectivity index (χ4v) is 4.49. The molecule has 4 aromatic rings. The zero-order valence-corrected chi connectivity index (χ0v) is 19.0. The fraction of sp³-hybridized carbons (Fsp3) is 0.136. The first-order valence-electron chi connectivity index (χ1n) is 9.84. The SMILES string of the molecule is CNc1nc(C)c2cc(-c3cnc(OC)c(NS(=O)(=O)c4ccc(F)cc4F)c3)cc(O)c2n1. The maximum Gasteiger partial charge on any atom is 0.264 e. The minimum atomic E-state index is -4.44. The van der Waals surface area contributed by atoms with Gasteiger partial charge in [0.15, 0.2) is 0 Å². The number of phenolic OH excluding ortho intramolecular Hbond substituents is 1. The number of pyridine rings is 1. The molecule has 4 rings (SSSR count). The molecule has 2 heterocycles. The highest BCUT2D eigenvalue weighted by Gasteiger charge is 2.22. The van der Waals surface area contributed by atoms with Crippen LogP contribution in [0.2, 0.25) is 0 Å². The molecule has 0 amide bonds. The van der Waals surface area contributed by atoms with Crippen LogP contribution < -0.4 is 14.8 Å². The molecule has 0 saturated carbocycles. The van der Waals surface area contributed by atoms with E-state index in [2.05, 4.69) is 25.0 Å². The molecule has 0 radical (unpaired) electrons. The molecule has 0 atom stereocenters. The van der Waals surface area contributed by atoms with Crippen molar-refractivity contribution in [3.63, 3.8) is 0 Å². The third-order valence-corrected chi connectivity index (χ3v) is 6.40. The number of fused-ring (bicyclic) bond motifs is 1. The molecule has 9 nitrogen and oxygen atoms in total. The summed E-state index contributed by atoms with van der Waals surface area (Å²) < 4.78 is 60.2. The van der Waals surface area contributed by atoms with E-state index in [9.17, 15) is 22.3 Å². The van der Waals surface area contributed by atoms with Crippen molar-refractivity contribution in [1.82, 2.24) is 15.0 Å². The van der Waals surface area contributed by atoms with Crippen LogP contribution in [0, 0.1) is 18.6 Å². The van der Waals surface area contributed by atoms with Crippen LogP contribution in [0.5, 0.6) is 11.6 Å². The molecular weight excluding hydrogens is 468 g/mol. The summed E-state index contributed by atoms with van der Waals surface area (Å²) in [6.07, 6.45) is 1.42. The number of nitrogens with one attached hydrogen (secondary N) is 2. The smallest absolute Gasteiger partial charge is 0.264 e. The highest BCUT2D eigenvalue weighted by molar-refractivity contribution is 7.92. The Morgan fingerprint density at radius 3 is 2.50 bits per heavy atom. The summed E-state index contributed by atoms with van der Waals surface area (Å²) in [4.78, 5) is 12.0. The van der Waals surface area contributed by atoms with Gasteiger partial charge in [-0.15, -0.1) is 0 Å². The number of hydrogen-bond donors (Lipinski definition) is 3. The van der Waals surface area contributed by atoms with Crippen LogP contribution in [-0.4, -0.2) is 42.6 Å². The Kier molecular flexibility index (Phi) is 5.92. The second kappa shape index (κ2) is 8.71. The van der Waals surface area contributed by atoms with Gasteiger partial charge < -0.3 is 15.2 Å². The van der Waals surface area contributed by atoms with Crippen molar-refractivity contribution >= 4 is 32.6 Å². The Morgan fingerprint density at radius 1 is 1.06 bits per heavy atom. The molecule has 0 saturated heterocycles. The number of rotatable bonds is 6. The number of aromatic nitrogens is 3. The van der Waals surface area contributed by atoms with Crippen LogP contribution in [0.1, 0.15) is 5.69 Å². The fourth-order valence-electron chi connectivity index (χ4n) is 3.38. The van der Waals surface area contributed by atoms with Gasteiger partial charge in [0, 0.05) is 30.3 Å². The van der Waals surface area contributed by atoms with E-state index in [4.69, 9.17) is 4.74 Å². The zero-order valence-electron chi connectivity index (χ0n) is 18.2. The number of hydrogen-bond acceptors (Lipinski definition) is 8. The molecule has 3 N–H and O–H groups in total. The Hall–Kier alpha value is -4.06. The monoisotopic (exact) mass is 487 g/mol. The van der Waals surface area contributed by atoms with Crippen LogP contribution in [0.3, 0.4) is 0 Å². The summed E-state index contributed by atoms with van der Waals surface area (Å²) in [6.45, 7) is 1.76. The number of nitrogens with zero attached hydrogens (tertiary/aromatic N) is 3. The van der Waals surface area contributed by atoms with Crippen molar-refractivity contribution in [2.24, 2.45) is 0 Å². The lowest BCUT2D eigenvalue weighted by Gasteiger charge is -2.14. The second-order valence-electron chi connectivity index (χ2n) is 7.24. The van der Waals surface area contributed by atoms with E-state index >= 15 is 0 Å². The van der Waals surface area contributed by atoms with Gasteiger partial charge in [0.25, 0.3) is 10.0 Å². The molecule has 0 fully saturated rings. The number of aromatic hydroxyl groups is 1. The van der Waals surface area contributed by atoms with Crippen LogP contribution in [0.25, 0.3) is 22.0 Å². The minimum absolute atomic E-state index is 0.0713. The predicted molar refractivity (Wildman–Crippen MR) is 122 cm³/mol. The predicted octanol–water partition coefficient (Wildman–Crippen LogP) is 3.84. The quantitative estimate of drug-likeness (QED) is 0.375. The molecule has 0 unspecified atom stereocenters. The summed E-state index contributed by atoms with van der Waals surface area (Å²) >= 11 is 0. The van der Waals surface area contributed by atoms with Crippen LogP contribution in [0.4, 0.5) is 20.4 Å². The number of sulfonamides is 1. The van der Waals surface area contributed by atoms with Crippen LogP contribution >= 0.6 is 0 Å². The third-order valence-electron chi connectivity index (χ3n) is 5.00. The van der Waals surface area contributed by atoms with E-state index in [0.717, 1.165) is 12.1 Å². The van der Waals surface area contributed by atoms with E-state index in [1.54, 1.807) is 20.0 Å². The second-order valence-corrected chi connectivity index (χ2v) is 8.89. The van der Waals surface area contributed by atoms with Crippen molar-refractivity contribution < 1.29 is 27.0 Å². The first-order valence-corrected chi connectivity index (χ1v) is 11.3. The molecule has 34 heavy (non-hydrogen) atoms. The van der Waals surface area contributed by atoms with E-state index in [0.29, 0.717) is 39.7 Å². The zero-order chi connectivity index (χ0) is 24.6. The van der Waals surface area contributed by atoms with Gasteiger partial charge in [-0.1, -0.05) is 0 Å². The largest absolute Gasteiger partial charge is 0.506 e. The van der Waals surface area contributed by atoms with Gasteiger partial charge >= 0.3 is 0 Å².